The van der Waals surface area contributed by atoms with Gasteiger partial charge in [0.25, 0.3) is 0 Å². The topological polar surface area (TPSA) is 53.9 Å². The molecule has 1 aliphatic heterocycles. The number of hydrogen-bond acceptors (Lipinski definition) is 3. The van der Waals surface area contributed by atoms with Crippen LogP contribution in [0.5, 0.6) is 0 Å². The Balaban J connectivity index is 0.00000280. The van der Waals surface area contributed by atoms with Crippen LogP contribution in [0.2, 0.25) is 0 Å². The van der Waals surface area contributed by atoms with Gasteiger partial charge >= 0.3 is 5.97 Å². The molecule has 0 amide bonds. The molecule has 3 rings (SSSR count). The first-order chi connectivity index (χ1) is 13.2. The van der Waals surface area contributed by atoms with Crippen molar-refractivity contribution in [1.29, 1.82) is 0 Å². The SMILES string of the molecule is CCNC(=NCCc1cccc2ccccc12)N1CCC(C(=O)OC)CC1.I. The molecule has 0 saturated carbocycles. The summed E-state index contributed by atoms with van der Waals surface area (Å²) in [4.78, 5) is 18.8. The molecule has 1 heterocycles. The second-order valence-corrected chi connectivity index (χ2v) is 6.91. The van der Waals surface area contributed by atoms with Crippen LogP contribution < -0.4 is 5.32 Å². The third kappa shape index (κ3) is 5.59. The number of ether oxygens (including phenoxy) is 1. The third-order valence-electron chi connectivity index (χ3n) is 5.19. The van der Waals surface area contributed by atoms with E-state index in [2.05, 4.69) is 59.6 Å². The normalized spacial score (nSPS) is 15.2. The quantitative estimate of drug-likeness (QED) is 0.297. The van der Waals surface area contributed by atoms with Crippen molar-refractivity contribution in [3.8, 4) is 0 Å². The summed E-state index contributed by atoms with van der Waals surface area (Å²) < 4.78 is 4.88. The van der Waals surface area contributed by atoms with E-state index in [-0.39, 0.29) is 35.9 Å². The molecule has 0 radical (unpaired) electrons. The summed E-state index contributed by atoms with van der Waals surface area (Å²) in [6.07, 6.45) is 2.55. The molecule has 0 atom stereocenters. The maximum atomic E-state index is 11.7. The Labute approximate surface area is 184 Å². The zero-order valence-corrected chi connectivity index (χ0v) is 19.0. The number of halogens is 1. The smallest absolute Gasteiger partial charge is 0.308 e. The van der Waals surface area contributed by atoms with Gasteiger partial charge in [-0.2, -0.15) is 0 Å². The highest BCUT2D eigenvalue weighted by atomic mass is 127. The number of hydrogen-bond donors (Lipinski definition) is 1. The number of benzene rings is 2. The number of esters is 1. The Kier molecular flexibility index (Phi) is 9.02. The van der Waals surface area contributed by atoms with E-state index < -0.39 is 0 Å². The van der Waals surface area contributed by atoms with Gasteiger partial charge in [0, 0.05) is 26.2 Å². The molecule has 1 saturated heterocycles. The van der Waals surface area contributed by atoms with Crippen molar-refractivity contribution >= 4 is 46.7 Å². The van der Waals surface area contributed by atoms with E-state index >= 15 is 0 Å². The highest BCUT2D eigenvalue weighted by Crippen LogP contribution is 2.20. The number of likely N-dealkylation sites (tertiary alicyclic amines) is 1. The molecule has 5 nitrogen and oxygen atoms in total. The number of aliphatic imine (C=N–C) groups is 1. The highest BCUT2D eigenvalue weighted by Gasteiger charge is 2.26. The minimum atomic E-state index is -0.0902. The van der Waals surface area contributed by atoms with Crippen LogP contribution in [0.25, 0.3) is 10.8 Å². The van der Waals surface area contributed by atoms with Crippen molar-refractivity contribution < 1.29 is 9.53 Å². The van der Waals surface area contributed by atoms with E-state index in [1.807, 2.05) is 0 Å². The number of carbonyl (C=O) groups excluding carboxylic acids is 1. The van der Waals surface area contributed by atoms with Gasteiger partial charge < -0.3 is 15.0 Å². The van der Waals surface area contributed by atoms with Crippen molar-refractivity contribution in [1.82, 2.24) is 10.2 Å². The van der Waals surface area contributed by atoms with Gasteiger partial charge in [0.15, 0.2) is 5.96 Å². The monoisotopic (exact) mass is 495 g/mol. The molecular weight excluding hydrogens is 465 g/mol. The van der Waals surface area contributed by atoms with Crippen LogP contribution in [-0.2, 0) is 16.0 Å². The summed E-state index contributed by atoms with van der Waals surface area (Å²) >= 11 is 0. The number of carbonyl (C=O) groups is 1. The number of rotatable bonds is 5. The lowest BCUT2D eigenvalue weighted by molar-refractivity contribution is -0.146. The fourth-order valence-corrected chi connectivity index (χ4v) is 3.71. The summed E-state index contributed by atoms with van der Waals surface area (Å²) in [5.41, 5.74) is 1.33. The number of methoxy groups -OCH3 is 1. The third-order valence-corrected chi connectivity index (χ3v) is 5.19. The van der Waals surface area contributed by atoms with E-state index in [0.29, 0.717) is 0 Å². The van der Waals surface area contributed by atoms with E-state index in [0.717, 1.165) is 51.4 Å². The average Bonchev–Trinajstić information content (AvgIpc) is 2.73. The van der Waals surface area contributed by atoms with Crippen LogP contribution in [0.4, 0.5) is 0 Å². The van der Waals surface area contributed by atoms with Crippen molar-refractivity contribution in [2.45, 2.75) is 26.2 Å². The summed E-state index contributed by atoms with van der Waals surface area (Å²) in [7, 11) is 1.47. The van der Waals surface area contributed by atoms with E-state index in [9.17, 15) is 4.79 Å². The van der Waals surface area contributed by atoms with Crippen LogP contribution in [0.1, 0.15) is 25.3 Å². The summed E-state index contributed by atoms with van der Waals surface area (Å²) in [5, 5.41) is 5.97. The standard InChI is InChI=1S/C22H29N3O2.HI/c1-3-23-22(25-15-12-19(13-16-25)21(26)27-2)24-14-11-18-9-6-8-17-7-4-5-10-20(17)18;/h4-10,19H,3,11-16H2,1-2H3,(H,23,24);1H. The van der Waals surface area contributed by atoms with E-state index in [1.54, 1.807) is 0 Å². The Morgan fingerprint density at radius 2 is 1.89 bits per heavy atom. The molecule has 1 fully saturated rings. The molecule has 1 aliphatic rings. The molecule has 0 unspecified atom stereocenters. The van der Waals surface area contributed by atoms with Crippen LogP contribution in [-0.4, -0.2) is 50.1 Å². The molecule has 0 spiro atoms. The molecule has 6 heteroatoms. The molecule has 2 aromatic carbocycles. The van der Waals surface area contributed by atoms with Crippen LogP contribution in [0.3, 0.4) is 0 Å². The molecule has 1 N–H and O–H groups in total. The second-order valence-electron chi connectivity index (χ2n) is 6.91. The largest absolute Gasteiger partial charge is 0.469 e. The maximum absolute atomic E-state index is 11.7. The molecule has 28 heavy (non-hydrogen) atoms. The Hall–Kier alpha value is -1.83. The van der Waals surface area contributed by atoms with Crippen molar-refractivity contribution in [3.05, 3.63) is 48.0 Å². The maximum Gasteiger partial charge on any atom is 0.308 e. The fraction of sp³-hybridized carbons (Fsp3) is 0.455. The first-order valence-corrected chi connectivity index (χ1v) is 9.80. The predicted octanol–water partition coefficient (Wildman–Crippen LogP) is 3.85. The number of nitrogens with one attached hydrogen (secondary N) is 1. The fourth-order valence-electron chi connectivity index (χ4n) is 3.71. The predicted molar refractivity (Wildman–Crippen MR) is 125 cm³/mol. The Morgan fingerprint density at radius 3 is 2.61 bits per heavy atom. The number of fused-ring (bicyclic) bond motifs is 1. The first kappa shape index (κ1) is 22.5. The molecule has 0 bridgehead atoms. The Morgan fingerprint density at radius 1 is 1.18 bits per heavy atom. The summed E-state index contributed by atoms with van der Waals surface area (Å²) in [5.74, 6) is 0.874. The van der Waals surface area contributed by atoms with Gasteiger partial charge in [-0.1, -0.05) is 42.5 Å². The van der Waals surface area contributed by atoms with Crippen molar-refractivity contribution in [2.75, 3.05) is 33.3 Å². The van der Waals surface area contributed by atoms with Crippen molar-refractivity contribution in [3.63, 3.8) is 0 Å². The van der Waals surface area contributed by atoms with E-state index in [4.69, 9.17) is 9.73 Å². The molecular formula is C22H30IN3O2. The minimum Gasteiger partial charge on any atom is -0.469 e. The number of piperidine rings is 1. The van der Waals surface area contributed by atoms with Gasteiger partial charge in [-0.15, -0.1) is 24.0 Å². The first-order valence-electron chi connectivity index (χ1n) is 9.80. The summed E-state index contributed by atoms with van der Waals surface area (Å²) in [6.45, 7) is 5.33. The van der Waals surface area contributed by atoms with Crippen LogP contribution >= 0.6 is 24.0 Å². The second kappa shape index (κ2) is 11.2. The van der Waals surface area contributed by atoms with Crippen LogP contribution in [0, 0.1) is 5.92 Å². The minimum absolute atomic E-state index is 0. The van der Waals surface area contributed by atoms with Gasteiger partial charge in [-0.05, 0) is 42.5 Å². The molecule has 0 aromatic heterocycles. The lowest BCUT2D eigenvalue weighted by Crippen LogP contribution is -2.46. The van der Waals surface area contributed by atoms with Gasteiger partial charge in [0.1, 0.15) is 0 Å². The number of nitrogens with zero attached hydrogens (tertiary/aromatic N) is 2. The number of guanidine groups is 1. The van der Waals surface area contributed by atoms with Crippen molar-refractivity contribution in [2.24, 2.45) is 10.9 Å². The Bertz CT molecular complexity index is 796. The van der Waals surface area contributed by atoms with Gasteiger partial charge in [-0.3, -0.25) is 9.79 Å². The summed E-state index contributed by atoms with van der Waals surface area (Å²) in [6, 6.07) is 14.9. The van der Waals surface area contributed by atoms with Crippen LogP contribution in [0.15, 0.2) is 47.5 Å². The molecule has 2 aromatic rings. The highest BCUT2D eigenvalue weighted by molar-refractivity contribution is 14.0. The lowest BCUT2D eigenvalue weighted by Gasteiger charge is -2.33. The molecule has 152 valence electrons. The molecule has 0 aliphatic carbocycles. The van der Waals surface area contributed by atoms with E-state index in [1.165, 1.54) is 23.4 Å². The zero-order valence-electron chi connectivity index (χ0n) is 16.7. The zero-order chi connectivity index (χ0) is 19.1. The average molecular weight is 495 g/mol. The van der Waals surface area contributed by atoms with Gasteiger partial charge in [0.05, 0.1) is 13.0 Å². The lowest BCUT2D eigenvalue weighted by atomic mass is 9.97. The van der Waals surface area contributed by atoms with Gasteiger partial charge in [-0.25, -0.2) is 0 Å². The van der Waals surface area contributed by atoms with Gasteiger partial charge in [0.2, 0.25) is 0 Å².